The Morgan fingerprint density at radius 1 is 1.26 bits per heavy atom. The summed E-state index contributed by atoms with van der Waals surface area (Å²) < 4.78 is 38.7. The smallest absolute Gasteiger partial charge is 0.315 e. The molecule has 0 saturated carbocycles. The molecule has 0 amide bonds. The quantitative estimate of drug-likeness (QED) is 0.890. The first-order valence-corrected chi connectivity index (χ1v) is 6.55. The highest BCUT2D eigenvalue weighted by atomic mass is 19.4. The maximum absolute atomic E-state index is 12.9. The molecule has 1 N–H and O–H groups in total. The van der Waals surface area contributed by atoms with Crippen molar-refractivity contribution in [1.82, 2.24) is 10.2 Å². The first kappa shape index (κ1) is 14.3. The first-order valence-electron chi connectivity index (χ1n) is 6.55. The molecule has 1 aromatic rings. The monoisotopic (exact) mass is 272 g/mol. The largest absolute Gasteiger partial charge is 0.394 e. The molecule has 1 heterocycles. The molecular formula is C14H19F3N2. The van der Waals surface area contributed by atoms with E-state index in [0.717, 1.165) is 5.56 Å². The number of benzene rings is 1. The van der Waals surface area contributed by atoms with Crippen LogP contribution in [0.5, 0.6) is 0 Å². The molecule has 0 radical (unpaired) electrons. The molecule has 2 atom stereocenters. The van der Waals surface area contributed by atoms with Gasteiger partial charge in [0.15, 0.2) is 0 Å². The van der Waals surface area contributed by atoms with Crippen LogP contribution < -0.4 is 5.32 Å². The molecule has 2 rings (SSSR count). The van der Waals surface area contributed by atoms with Crippen molar-refractivity contribution in [2.24, 2.45) is 5.92 Å². The van der Waals surface area contributed by atoms with Gasteiger partial charge in [0, 0.05) is 32.2 Å². The van der Waals surface area contributed by atoms with Crippen LogP contribution in [0.1, 0.15) is 18.5 Å². The van der Waals surface area contributed by atoms with Crippen LogP contribution in [-0.4, -0.2) is 37.3 Å². The van der Waals surface area contributed by atoms with Gasteiger partial charge < -0.3 is 5.32 Å². The Hall–Kier alpha value is -1.07. The van der Waals surface area contributed by atoms with E-state index in [9.17, 15) is 13.2 Å². The third-order valence-corrected chi connectivity index (χ3v) is 3.71. The Balaban J connectivity index is 2.10. The summed E-state index contributed by atoms with van der Waals surface area (Å²) in [6, 6.07) is 9.69. The zero-order valence-corrected chi connectivity index (χ0v) is 11.0. The van der Waals surface area contributed by atoms with Crippen molar-refractivity contribution in [3.8, 4) is 0 Å². The van der Waals surface area contributed by atoms with Crippen molar-refractivity contribution in [2.75, 3.05) is 26.2 Å². The summed E-state index contributed by atoms with van der Waals surface area (Å²) in [6.45, 7) is 3.29. The Labute approximate surface area is 111 Å². The van der Waals surface area contributed by atoms with E-state index in [-0.39, 0.29) is 19.1 Å². The average Bonchev–Trinajstić information content (AvgIpc) is 2.64. The van der Waals surface area contributed by atoms with Crippen LogP contribution in [0, 0.1) is 5.92 Å². The Kier molecular flexibility index (Phi) is 4.47. The normalized spacial score (nSPS) is 23.9. The molecule has 1 aliphatic heterocycles. The molecule has 0 aromatic heterocycles. The molecule has 106 valence electrons. The number of alkyl halides is 3. The molecule has 1 aromatic carbocycles. The summed E-state index contributed by atoms with van der Waals surface area (Å²) in [5, 5.41) is 2.88. The highest BCUT2D eigenvalue weighted by Gasteiger charge is 2.41. The van der Waals surface area contributed by atoms with Gasteiger partial charge in [-0.25, -0.2) is 0 Å². The van der Waals surface area contributed by atoms with Gasteiger partial charge in [-0.05, 0) is 12.5 Å². The highest BCUT2D eigenvalue weighted by molar-refractivity contribution is 5.18. The lowest BCUT2D eigenvalue weighted by molar-refractivity contribution is -0.176. The number of nitrogens with zero attached hydrogens (tertiary/aromatic N) is 1. The van der Waals surface area contributed by atoms with Crippen LogP contribution >= 0.6 is 0 Å². The van der Waals surface area contributed by atoms with E-state index in [0.29, 0.717) is 13.1 Å². The fourth-order valence-electron chi connectivity index (χ4n) is 2.45. The van der Waals surface area contributed by atoms with Crippen LogP contribution in [0.3, 0.4) is 0 Å². The van der Waals surface area contributed by atoms with Crippen molar-refractivity contribution < 1.29 is 13.2 Å². The SMILES string of the molecule is CC(c1ccccc1)N1CCNCC(C(F)(F)F)C1. The fraction of sp³-hybridized carbons (Fsp3) is 0.571. The van der Waals surface area contributed by atoms with Crippen molar-refractivity contribution in [2.45, 2.75) is 19.1 Å². The summed E-state index contributed by atoms with van der Waals surface area (Å²) in [5.74, 6) is -1.29. The minimum absolute atomic E-state index is 0.00551. The van der Waals surface area contributed by atoms with Gasteiger partial charge in [-0.3, -0.25) is 4.90 Å². The van der Waals surface area contributed by atoms with Crippen LogP contribution in [-0.2, 0) is 0 Å². The number of hydrogen-bond donors (Lipinski definition) is 1. The zero-order chi connectivity index (χ0) is 13.9. The third-order valence-electron chi connectivity index (χ3n) is 3.71. The summed E-state index contributed by atoms with van der Waals surface area (Å²) in [4.78, 5) is 1.91. The average molecular weight is 272 g/mol. The molecule has 5 heteroatoms. The molecule has 0 spiro atoms. The molecule has 2 unspecified atom stereocenters. The molecule has 19 heavy (non-hydrogen) atoms. The van der Waals surface area contributed by atoms with Gasteiger partial charge in [0.05, 0.1) is 5.92 Å². The van der Waals surface area contributed by atoms with Crippen LogP contribution in [0.25, 0.3) is 0 Å². The molecule has 2 nitrogen and oxygen atoms in total. The number of nitrogens with one attached hydrogen (secondary N) is 1. The molecule has 1 aliphatic rings. The van der Waals surface area contributed by atoms with E-state index < -0.39 is 12.1 Å². The highest BCUT2D eigenvalue weighted by Crippen LogP contribution is 2.30. The standard InChI is InChI=1S/C14H19F3N2/c1-11(12-5-3-2-4-6-12)19-8-7-18-9-13(10-19)14(15,16)17/h2-6,11,13,18H,7-10H2,1H3. The predicted octanol–water partition coefficient (Wildman–Crippen LogP) is 2.83. The third kappa shape index (κ3) is 3.70. The van der Waals surface area contributed by atoms with Gasteiger partial charge in [0.1, 0.15) is 0 Å². The van der Waals surface area contributed by atoms with Gasteiger partial charge in [-0.1, -0.05) is 30.3 Å². The lowest BCUT2D eigenvalue weighted by Crippen LogP contribution is -2.39. The summed E-state index contributed by atoms with van der Waals surface area (Å²) in [5.41, 5.74) is 1.06. The molecule has 0 aliphatic carbocycles. The van der Waals surface area contributed by atoms with Gasteiger partial charge in [0.2, 0.25) is 0 Å². The Morgan fingerprint density at radius 3 is 2.58 bits per heavy atom. The van der Waals surface area contributed by atoms with E-state index in [1.165, 1.54) is 0 Å². The lowest BCUT2D eigenvalue weighted by atomic mass is 10.0. The van der Waals surface area contributed by atoms with Crippen molar-refractivity contribution in [3.63, 3.8) is 0 Å². The van der Waals surface area contributed by atoms with Gasteiger partial charge >= 0.3 is 6.18 Å². The van der Waals surface area contributed by atoms with Crippen molar-refractivity contribution >= 4 is 0 Å². The van der Waals surface area contributed by atoms with Gasteiger partial charge in [-0.15, -0.1) is 0 Å². The van der Waals surface area contributed by atoms with E-state index in [4.69, 9.17) is 0 Å². The number of halogens is 3. The van der Waals surface area contributed by atoms with E-state index in [2.05, 4.69) is 5.32 Å². The topological polar surface area (TPSA) is 15.3 Å². The summed E-state index contributed by atoms with van der Waals surface area (Å²) in [6.07, 6.45) is -4.13. The van der Waals surface area contributed by atoms with Crippen molar-refractivity contribution in [3.05, 3.63) is 35.9 Å². The Morgan fingerprint density at radius 2 is 1.95 bits per heavy atom. The van der Waals surface area contributed by atoms with Crippen molar-refractivity contribution in [1.29, 1.82) is 0 Å². The zero-order valence-electron chi connectivity index (χ0n) is 11.0. The summed E-state index contributed by atoms with van der Waals surface area (Å²) >= 11 is 0. The van der Waals surface area contributed by atoms with Gasteiger partial charge in [-0.2, -0.15) is 13.2 Å². The predicted molar refractivity (Wildman–Crippen MR) is 68.8 cm³/mol. The first-order chi connectivity index (χ1) is 8.98. The van der Waals surface area contributed by atoms with E-state index in [1.807, 2.05) is 42.2 Å². The van der Waals surface area contributed by atoms with Crippen LogP contribution in [0.2, 0.25) is 0 Å². The van der Waals surface area contributed by atoms with Gasteiger partial charge in [0.25, 0.3) is 0 Å². The molecular weight excluding hydrogens is 253 g/mol. The number of hydrogen-bond acceptors (Lipinski definition) is 2. The molecule has 0 bridgehead atoms. The molecule has 1 fully saturated rings. The minimum Gasteiger partial charge on any atom is -0.315 e. The maximum Gasteiger partial charge on any atom is 0.394 e. The van der Waals surface area contributed by atoms with E-state index in [1.54, 1.807) is 0 Å². The number of rotatable bonds is 2. The second-order valence-electron chi connectivity index (χ2n) is 5.02. The molecule has 1 saturated heterocycles. The second kappa shape index (κ2) is 5.92. The second-order valence-corrected chi connectivity index (χ2v) is 5.02. The summed E-state index contributed by atoms with van der Waals surface area (Å²) in [7, 11) is 0. The minimum atomic E-state index is -4.13. The Bertz CT molecular complexity index is 391. The van der Waals surface area contributed by atoms with Crippen LogP contribution in [0.15, 0.2) is 30.3 Å². The van der Waals surface area contributed by atoms with Crippen LogP contribution in [0.4, 0.5) is 13.2 Å². The maximum atomic E-state index is 12.9. The van der Waals surface area contributed by atoms with E-state index >= 15 is 0 Å². The fourth-order valence-corrected chi connectivity index (χ4v) is 2.45. The lowest BCUT2D eigenvalue weighted by Gasteiger charge is -2.30.